The quantitative estimate of drug-likeness (QED) is 0.647. The molecule has 0 fully saturated rings. The highest BCUT2D eigenvalue weighted by Gasteiger charge is 2.23. The first-order chi connectivity index (χ1) is 9.96. The molecule has 1 aromatic heterocycles. The summed E-state index contributed by atoms with van der Waals surface area (Å²) in [6, 6.07) is 0. The summed E-state index contributed by atoms with van der Waals surface area (Å²) in [5.41, 5.74) is 0.838. The fourth-order valence-electron chi connectivity index (χ4n) is 2.23. The molecule has 0 amide bonds. The predicted octanol–water partition coefficient (Wildman–Crippen LogP) is 3.27. The summed E-state index contributed by atoms with van der Waals surface area (Å²) in [5.74, 6) is 0.403. The van der Waals surface area contributed by atoms with E-state index >= 15 is 0 Å². The third-order valence-electron chi connectivity index (χ3n) is 3.69. The molecule has 0 saturated carbocycles. The van der Waals surface area contributed by atoms with Gasteiger partial charge in [0.05, 0.1) is 0 Å². The summed E-state index contributed by atoms with van der Waals surface area (Å²) in [6.45, 7) is 10.2. The van der Waals surface area contributed by atoms with Gasteiger partial charge in [-0.1, -0.05) is 33.6 Å². The van der Waals surface area contributed by atoms with Crippen molar-refractivity contribution < 1.29 is 8.42 Å². The lowest BCUT2D eigenvalue weighted by molar-refractivity contribution is 0.478. The van der Waals surface area contributed by atoms with Crippen molar-refractivity contribution in [1.82, 2.24) is 10.0 Å². The van der Waals surface area contributed by atoms with Gasteiger partial charge in [0.2, 0.25) is 10.0 Å². The highest BCUT2D eigenvalue weighted by atomic mass is 32.2. The van der Waals surface area contributed by atoms with E-state index in [9.17, 15) is 8.42 Å². The van der Waals surface area contributed by atoms with Crippen LogP contribution in [0.25, 0.3) is 0 Å². The van der Waals surface area contributed by atoms with Gasteiger partial charge in [-0.05, 0) is 36.8 Å². The van der Waals surface area contributed by atoms with E-state index < -0.39 is 10.0 Å². The molecular weight excluding hydrogens is 304 g/mol. The van der Waals surface area contributed by atoms with E-state index in [2.05, 4.69) is 30.8 Å². The Morgan fingerprint density at radius 1 is 1.24 bits per heavy atom. The summed E-state index contributed by atoms with van der Waals surface area (Å²) in [4.78, 5) is 1.38. The fraction of sp³-hybridized carbons (Fsp3) is 0.733. The minimum Gasteiger partial charge on any atom is -0.312 e. The molecule has 0 atom stereocenters. The van der Waals surface area contributed by atoms with Crippen LogP contribution in [0.1, 0.15) is 50.5 Å². The van der Waals surface area contributed by atoms with Gasteiger partial charge in [-0.2, -0.15) is 0 Å². The van der Waals surface area contributed by atoms with Crippen molar-refractivity contribution >= 4 is 21.4 Å². The zero-order valence-corrected chi connectivity index (χ0v) is 15.2. The van der Waals surface area contributed by atoms with Gasteiger partial charge >= 0.3 is 0 Å². The molecule has 0 aliphatic heterocycles. The van der Waals surface area contributed by atoms with Gasteiger partial charge in [-0.25, -0.2) is 13.1 Å². The van der Waals surface area contributed by atoms with Gasteiger partial charge in [-0.3, -0.25) is 0 Å². The molecule has 21 heavy (non-hydrogen) atoms. The Bertz CT molecular complexity index is 520. The maximum Gasteiger partial charge on any atom is 0.241 e. The summed E-state index contributed by atoms with van der Waals surface area (Å²) in [7, 11) is -3.41. The van der Waals surface area contributed by atoms with Crippen LogP contribution in [0.15, 0.2) is 10.3 Å². The third kappa shape index (κ3) is 5.36. The summed E-state index contributed by atoms with van der Waals surface area (Å²) in [5, 5.41) is 5.21. The number of hydrogen-bond donors (Lipinski definition) is 2. The zero-order chi connectivity index (χ0) is 15.9. The number of aryl methyl sites for hydroxylation is 1. The van der Waals surface area contributed by atoms with Gasteiger partial charge in [0.1, 0.15) is 4.90 Å². The van der Waals surface area contributed by atoms with E-state index in [-0.39, 0.29) is 0 Å². The van der Waals surface area contributed by atoms with Crippen LogP contribution in [0.3, 0.4) is 0 Å². The normalized spacial score (nSPS) is 12.2. The van der Waals surface area contributed by atoms with Crippen LogP contribution < -0.4 is 10.0 Å². The smallest absolute Gasteiger partial charge is 0.241 e. The van der Waals surface area contributed by atoms with E-state index in [1.807, 2.05) is 12.3 Å². The van der Waals surface area contributed by atoms with Crippen molar-refractivity contribution in [3.05, 3.63) is 15.8 Å². The molecule has 0 saturated heterocycles. The SMILES string of the molecule is CCCNCc1scc(C)c1S(=O)(=O)NCC(CC)CC. The average molecular weight is 333 g/mol. The second kappa shape index (κ2) is 8.88. The highest BCUT2D eigenvalue weighted by Crippen LogP contribution is 2.27. The zero-order valence-electron chi connectivity index (χ0n) is 13.5. The molecule has 1 rings (SSSR count). The summed E-state index contributed by atoms with van der Waals surface area (Å²) >= 11 is 1.52. The van der Waals surface area contributed by atoms with Gasteiger partial charge in [0, 0.05) is 18.0 Å². The molecule has 0 bridgehead atoms. The summed E-state index contributed by atoms with van der Waals surface area (Å²) < 4.78 is 27.9. The molecule has 1 aromatic rings. The Labute approximate surface area is 133 Å². The first-order valence-electron chi connectivity index (χ1n) is 7.73. The van der Waals surface area contributed by atoms with E-state index in [0.717, 1.165) is 36.2 Å². The molecule has 0 aliphatic rings. The largest absolute Gasteiger partial charge is 0.312 e. The second-order valence-corrected chi connectivity index (χ2v) is 8.05. The first-order valence-corrected chi connectivity index (χ1v) is 10.1. The van der Waals surface area contributed by atoms with E-state index in [1.165, 1.54) is 11.3 Å². The van der Waals surface area contributed by atoms with E-state index in [4.69, 9.17) is 0 Å². The number of rotatable bonds is 10. The Morgan fingerprint density at radius 3 is 2.48 bits per heavy atom. The van der Waals surface area contributed by atoms with Crippen molar-refractivity contribution in [3.8, 4) is 0 Å². The van der Waals surface area contributed by atoms with Crippen molar-refractivity contribution in [1.29, 1.82) is 0 Å². The predicted molar refractivity (Wildman–Crippen MR) is 90.3 cm³/mol. The fourth-order valence-corrected chi connectivity index (χ4v) is 5.12. The Morgan fingerprint density at radius 2 is 1.90 bits per heavy atom. The highest BCUT2D eigenvalue weighted by molar-refractivity contribution is 7.89. The maximum atomic E-state index is 12.6. The van der Waals surface area contributed by atoms with Crippen molar-refractivity contribution in [2.75, 3.05) is 13.1 Å². The molecular formula is C15H28N2O2S2. The van der Waals surface area contributed by atoms with Crippen LogP contribution in [-0.4, -0.2) is 21.5 Å². The molecule has 0 unspecified atom stereocenters. The number of hydrogen-bond acceptors (Lipinski definition) is 4. The molecule has 0 spiro atoms. The number of nitrogens with one attached hydrogen (secondary N) is 2. The van der Waals surface area contributed by atoms with Gasteiger partial charge in [0.15, 0.2) is 0 Å². The third-order valence-corrected chi connectivity index (χ3v) is 6.57. The number of thiophene rings is 1. The van der Waals surface area contributed by atoms with Gasteiger partial charge in [0.25, 0.3) is 0 Å². The second-order valence-electron chi connectivity index (χ2n) is 5.38. The molecule has 0 aromatic carbocycles. The van der Waals surface area contributed by atoms with Crippen molar-refractivity contribution in [3.63, 3.8) is 0 Å². The van der Waals surface area contributed by atoms with Crippen molar-refractivity contribution in [2.24, 2.45) is 5.92 Å². The van der Waals surface area contributed by atoms with E-state index in [1.54, 1.807) is 0 Å². The van der Waals surface area contributed by atoms with Crippen LogP contribution in [0, 0.1) is 12.8 Å². The standard InChI is InChI=1S/C15H28N2O2S2/c1-5-8-16-10-14-15(12(4)11-20-14)21(18,19)17-9-13(6-2)7-3/h11,13,16-17H,5-10H2,1-4H3. The minimum absolute atomic E-state index is 0.403. The molecule has 2 N–H and O–H groups in total. The molecule has 0 radical (unpaired) electrons. The molecule has 6 heteroatoms. The minimum atomic E-state index is -3.41. The van der Waals surface area contributed by atoms with Crippen LogP contribution >= 0.6 is 11.3 Å². The van der Waals surface area contributed by atoms with E-state index in [0.29, 0.717) is 23.9 Å². The molecule has 122 valence electrons. The van der Waals surface area contributed by atoms with Crippen molar-refractivity contribution in [2.45, 2.75) is 58.4 Å². The maximum absolute atomic E-state index is 12.6. The van der Waals surface area contributed by atoms with Crippen LogP contribution in [0.4, 0.5) is 0 Å². The topological polar surface area (TPSA) is 58.2 Å². The number of sulfonamides is 1. The Balaban J connectivity index is 2.84. The van der Waals surface area contributed by atoms with Crippen LogP contribution in [0.2, 0.25) is 0 Å². The van der Waals surface area contributed by atoms with Gasteiger partial charge in [-0.15, -0.1) is 11.3 Å². The molecule has 0 aliphatic carbocycles. The monoisotopic (exact) mass is 332 g/mol. The lowest BCUT2D eigenvalue weighted by Crippen LogP contribution is -2.30. The average Bonchev–Trinajstić information content (AvgIpc) is 2.82. The van der Waals surface area contributed by atoms with Gasteiger partial charge < -0.3 is 5.32 Å². The first kappa shape index (κ1) is 18.6. The lowest BCUT2D eigenvalue weighted by atomic mass is 10.0. The molecule has 4 nitrogen and oxygen atoms in total. The van der Waals surface area contributed by atoms with Crippen LogP contribution in [0.5, 0.6) is 0 Å². The lowest BCUT2D eigenvalue weighted by Gasteiger charge is -2.14. The molecule has 1 heterocycles. The Kier molecular flexibility index (Phi) is 7.87. The Hall–Kier alpha value is -0.430. The summed E-state index contributed by atoms with van der Waals surface area (Å²) in [6.07, 6.45) is 3.03. The van der Waals surface area contributed by atoms with Crippen LogP contribution in [-0.2, 0) is 16.6 Å².